The van der Waals surface area contributed by atoms with E-state index in [0.717, 1.165) is 67.7 Å². The highest BCUT2D eigenvalue weighted by Crippen LogP contribution is 2.25. The lowest BCUT2D eigenvalue weighted by Gasteiger charge is -2.16. The molecule has 1 atom stereocenters. The maximum atomic E-state index is 5.70. The standard InChI is InChI=1S/C21H29N3O4/c1-25-18-8-7-16(20(13-18)26-2)14-23-21(24-15-19-6-4-12-28-19)22-10-9-17-5-3-11-27-17/h3,5,7-8,11,13,19H,4,6,9-10,12,14-15H2,1-2H3,(H2,22,23,24). The first-order valence-corrected chi connectivity index (χ1v) is 9.65. The van der Waals surface area contributed by atoms with E-state index in [4.69, 9.17) is 23.6 Å². The van der Waals surface area contributed by atoms with Crippen LogP contribution >= 0.6 is 0 Å². The van der Waals surface area contributed by atoms with Gasteiger partial charge in [0.05, 0.1) is 33.1 Å². The molecule has 1 aromatic carbocycles. The van der Waals surface area contributed by atoms with Crippen LogP contribution in [0.3, 0.4) is 0 Å². The third-order valence-electron chi connectivity index (χ3n) is 4.67. The topological polar surface area (TPSA) is 77.2 Å². The molecule has 0 bridgehead atoms. The van der Waals surface area contributed by atoms with Crippen molar-refractivity contribution in [3.8, 4) is 11.5 Å². The zero-order chi connectivity index (χ0) is 19.6. The van der Waals surface area contributed by atoms with E-state index in [-0.39, 0.29) is 6.10 Å². The van der Waals surface area contributed by atoms with Gasteiger partial charge in [-0.3, -0.25) is 0 Å². The van der Waals surface area contributed by atoms with Crippen molar-refractivity contribution in [2.24, 2.45) is 4.99 Å². The number of furan rings is 1. The largest absolute Gasteiger partial charge is 0.497 e. The van der Waals surface area contributed by atoms with Crippen LogP contribution in [0.5, 0.6) is 11.5 Å². The fourth-order valence-corrected chi connectivity index (χ4v) is 3.10. The lowest BCUT2D eigenvalue weighted by Crippen LogP contribution is -2.41. The van der Waals surface area contributed by atoms with E-state index in [1.807, 2.05) is 30.3 Å². The van der Waals surface area contributed by atoms with Crippen LogP contribution in [0.2, 0.25) is 0 Å². The Hall–Kier alpha value is -2.67. The Morgan fingerprint density at radius 3 is 2.86 bits per heavy atom. The van der Waals surface area contributed by atoms with Crippen molar-refractivity contribution in [3.63, 3.8) is 0 Å². The van der Waals surface area contributed by atoms with Gasteiger partial charge in [0.25, 0.3) is 0 Å². The summed E-state index contributed by atoms with van der Waals surface area (Å²) in [7, 11) is 3.29. The van der Waals surface area contributed by atoms with Crippen molar-refractivity contribution >= 4 is 5.96 Å². The number of guanidine groups is 1. The molecule has 3 rings (SSSR count). The number of hydrogen-bond donors (Lipinski definition) is 2. The molecular formula is C21H29N3O4. The van der Waals surface area contributed by atoms with E-state index < -0.39 is 0 Å². The zero-order valence-electron chi connectivity index (χ0n) is 16.6. The highest BCUT2D eigenvalue weighted by Gasteiger charge is 2.15. The molecule has 2 N–H and O–H groups in total. The molecule has 0 spiro atoms. The molecule has 7 heteroatoms. The lowest BCUT2D eigenvalue weighted by molar-refractivity contribution is 0.114. The van der Waals surface area contributed by atoms with Crippen molar-refractivity contribution in [2.45, 2.75) is 31.9 Å². The number of nitrogens with one attached hydrogen (secondary N) is 2. The van der Waals surface area contributed by atoms with Crippen LogP contribution in [0.1, 0.15) is 24.2 Å². The minimum absolute atomic E-state index is 0.243. The van der Waals surface area contributed by atoms with Gasteiger partial charge in [-0.15, -0.1) is 0 Å². The Labute approximate surface area is 166 Å². The summed E-state index contributed by atoms with van der Waals surface area (Å²) in [5.74, 6) is 3.22. The molecule has 2 aromatic rings. The number of rotatable bonds is 9. The van der Waals surface area contributed by atoms with Gasteiger partial charge in [0.15, 0.2) is 5.96 Å². The Morgan fingerprint density at radius 2 is 2.14 bits per heavy atom. The molecule has 1 aromatic heterocycles. The number of ether oxygens (including phenoxy) is 3. The minimum Gasteiger partial charge on any atom is -0.497 e. The molecule has 0 saturated carbocycles. The molecule has 7 nitrogen and oxygen atoms in total. The van der Waals surface area contributed by atoms with Gasteiger partial charge < -0.3 is 29.3 Å². The van der Waals surface area contributed by atoms with E-state index in [0.29, 0.717) is 6.54 Å². The van der Waals surface area contributed by atoms with Gasteiger partial charge in [-0.2, -0.15) is 0 Å². The molecule has 152 valence electrons. The average molecular weight is 387 g/mol. The first-order chi connectivity index (χ1) is 13.8. The Bertz CT molecular complexity index is 740. The Kier molecular flexibility index (Phi) is 7.61. The van der Waals surface area contributed by atoms with Crippen molar-refractivity contribution in [2.75, 3.05) is 33.9 Å². The van der Waals surface area contributed by atoms with E-state index in [9.17, 15) is 0 Å². The van der Waals surface area contributed by atoms with Crippen LogP contribution in [-0.2, 0) is 17.7 Å². The van der Waals surface area contributed by atoms with Crippen LogP contribution in [0.4, 0.5) is 0 Å². The number of nitrogens with zero attached hydrogens (tertiary/aromatic N) is 1. The van der Waals surface area contributed by atoms with Gasteiger partial charge in [-0.05, 0) is 37.1 Å². The van der Waals surface area contributed by atoms with Crippen LogP contribution in [0.15, 0.2) is 46.0 Å². The Morgan fingerprint density at radius 1 is 1.21 bits per heavy atom. The fraction of sp³-hybridized carbons (Fsp3) is 0.476. The molecule has 28 heavy (non-hydrogen) atoms. The SMILES string of the molecule is COc1ccc(CN=C(NCCc2ccco2)NCC2CCCO2)c(OC)c1. The Balaban J connectivity index is 1.61. The quantitative estimate of drug-likeness (QED) is 0.509. The molecule has 1 fully saturated rings. The summed E-state index contributed by atoms with van der Waals surface area (Å²) in [6.07, 6.45) is 4.93. The molecule has 0 aliphatic carbocycles. The molecule has 1 aliphatic heterocycles. The van der Waals surface area contributed by atoms with E-state index >= 15 is 0 Å². The van der Waals surface area contributed by atoms with Gasteiger partial charge in [0, 0.05) is 37.7 Å². The summed E-state index contributed by atoms with van der Waals surface area (Å²) in [4.78, 5) is 4.73. The zero-order valence-corrected chi connectivity index (χ0v) is 16.6. The van der Waals surface area contributed by atoms with Gasteiger partial charge >= 0.3 is 0 Å². The second-order valence-electron chi connectivity index (χ2n) is 6.61. The maximum Gasteiger partial charge on any atom is 0.191 e. The summed E-state index contributed by atoms with van der Waals surface area (Å²) >= 11 is 0. The third kappa shape index (κ3) is 5.92. The molecule has 0 radical (unpaired) electrons. The minimum atomic E-state index is 0.243. The van der Waals surface area contributed by atoms with Crippen molar-refractivity contribution in [1.29, 1.82) is 0 Å². The van der Waals surface area contributed by atoms with Gasteiger partial charge in [-0.1, -0.05) is 0 Å². The second kappa shape index (κ2) is 10.6. The van der Waals surface area contributed by atoms with Crippen LogP contribution in [-0.4, -0.2) is 46.0 Å². The van der Waals surface area contributed by atoms with Crippen molar-refractivity contribution in [1.82, 2.24) is 10.6 Å². The summed E-state index contributed by atoms with van der Waals surface area (Å²) in [5, 5.41) is 6.76. The second-order valence-corrected chi connectivity index (χ2v) is 6.61. The lowest BCUT2D eigenvalue weighted by atomic mass is 10.2. The molecule has 2 heterocycles. The smallest absolute Gasteiger partial charge is 0.191 e. The predicted octanol–water partition coefficient (Wildman–Crippen LogP) is 2.75. The number of hydrogen-bond acceptors (Lipinski definition) is 5. The summed E-state index contributed by atoms with van der Waals surface area (Å²) in [6.45, 7) is 2.81. The molecular weight excluding hydrogens is 358 g/mol. The third-order valence-corrected chi connectivity index (χ3v) is 4.67. The van der Waals surface area contributed by atoms with Crippen LogP contribution in [0, 0.1) is 0 Å². The predicted molar refractivity (Wildman–Crippen MR) is 108 cm³/mol. The normalized spacial score (nSPS) is 16.8. The van der Waals surface area contributed by atoms with Gasteiger partial charge in [0.1, 0.15) is 17.3 Å². The molecule has 1 saturated heterocycles. The first kappa shape index (κ1) is 20.1. The van der Waals surface area contributed by atoms with E-state index in [2.05, 4.69) is 10.6 Å². The highest BCUT2D eigenvalue weighted by atomic mass is 16.5. The van der Waals surface area contributed by atoms with Crippen molar-refractivity contribution < 1.29 is 18.6 Å². The van der Waals surface area contributed by atoms with Crippen LogP contribution < -0.4 is 20.1 Å². The number of methoxy groups -OCH3 is 2. The summed E-state index contributed by atoms with van der Waals surface area (Å²) in [5.41, 5.74) is 0.993. The summed E-state index contributed by atoms with van der Waals surface area (Å²) in [6, 6.07) is 9.63. The monoisotopic (exact) mass is 387 g/mol. The number of benzene rings is 1. The molecule has 1 unspecified atom stereocenters. The van der Waals surface area contributed by atoms with Gasteiger partial charge in [0.2, 0.25) is 0 Å². The molecule has 1 aliphatic rings. The van der Waals surface area contributed by atoms with E-state index in [1.54, 1.807) is 20.5 Å². The maximum absolute atomic E-state index is 5.70. The first-order valence-electron chi connectivity index (χ1n) is 9.65. The van der Waals surface area contributed by atoms with Gasteiger partial charge in [-0.25, -0.2) is 4.99 Å². The molecule has 0 amide bonds. The van der Waals surface area contributed by atoms with Crippen molar-refractivity contribution in [3.05, 3.63) is 47.9 Å². The fourth-order valence-electron chi connectivity index (χ4n) is 3.10. The van der Waals surface area contributed by atoms with E-state index in [1.165, 1.54) is 0 Å². The average Bonchev–Trinajstić information content (AvgIpc) is 3.43. The van der Waals surface area contributed by atoms with Crippen LogP contribution in [0.25, 0.3) is 0 Å². The summed E-state index contributed by atoms with van der Waals surface area (Å²) < 4.78 is 21.8. The highest BCUT2D eigenvalue weighted by molar-refractivity contribution is 5.79. The number of aliphatic imine (C=N–C) groups is 1.